The highest BCUT2D eigenvalue weighted by molar-refractivity contribution is 8.00. The van der Waals surface area contributed by atoms with Gasteiger partial charge < -0.3 is 5.32 Å². The smallest absolute Gasteiger partial charge is 0.234 e. The molecule has 2 aromatic rings. The van der Waals surface area contributed by atoms with E-state index in [1.54, 1.807) is 18.2 Å². The summed E-state index contributed by atoms with van der Waals surface area (Å²) in [6, 6.07) is 8.39. The zero-order valence-electron chi connectivity index (χ0n) is 11.1. The number of rotatable bonds is 4. The van der Waals surface area contributed by atoms with Crippen LogP contribution in [0.25, 0.3) is 0 Å². The van der Waals surface area contributed by atoms with Gasteiger partial charge in [-0.25, -0.2) is 8.78 Å². The van der Waals surface area contributed by atoms with Crippen LogP contribution in [0.15, 0.2) is 41.3 Å². The molecule has 0 aliphatic rings. The number of amides is 1. The Morgan fingerprint density at radius 1 is 1.24 bits per heavy atom. The van der Waals surface area contributed by atoms with Gasteiger partial charge in [0.2, 0.25) is 5.91 Å². The fourth-order valence-electron chi connectivity index (χ4n) is 1.69. The molecule has 0 atom stereocenters. The number of hydrogen-bond donors (Lipinski definition) is 1. The maximum atomic E-state index is 13.4. The number of anilines is 1. The van der Waals surface area contributed by atoms with Gasteiger partial charge in [0.25, 0.3) is 0 Å². The van der Waals surface area contributed by atoms with Gasteiger partial charge in [-0.2, -0.15) is 0 Å². The van der Waals surface area contributed by atoms with Crippen LogP contribution in [0.5, 0.6) is 0 Å². The van der Waals surface area contributed by atoms with Gasteiger partial charge in [0, 0.05) is 21.7 Å². The molecule has 21 heavy (non-hydrogen) atoms. The third-order valence-electron chi connectivity index (χ3n) is 2.72. The Hall–Kier alpha value is -1.59. The van der Waals surface area contributed by atoms with Crippen molar-refractivity contribution < 1.29 is 13.6 Å². The summed E-state index contributed by atoms with van der Waals surface area (Å²) < 4.78 is 26.2. The van der Waals surface area contributed by atoms with Crippen molar-refractivity contribution in [2.45, 2.75) is 11.8 Å². The van der Waals surface area contributed by atoms with Crippen LogP contribution in [0.1, 0.15) is 5.56 Å². The highest BCUT2D eigenvalue weighted by atomic mass is 35.5. The van der Waals surface area contributed by atoms with Crippen molar-refractivity contribution in [3.05, 3.63) is 58.6 Å². The van der Waals surface area contributed by atoms with E-state index in [1.165, 1.54) is 6.07 Å². The molecule has 6 heteroatoms. The summed E-state index contributed by atoms with van der Waals surface area (Å²) in [4.78, 5) is 12.1. The molecule has 0 saturated heterocycles. The van der Waals surface area contributed by atoms with Crippen molar-refractivity contribution in [2.24, 2.45) is 0 Å². The van der Waals surface area contributed by atoms with E-state index in [-0.39, 0.29) is 16.6 Å². The van der Waals surface area contributed by atoms with Crippen LogP contribution in [-0.4, -0.2) is 11.7 Å². The van der Waals surface area contributed by atoms with E-state index in [0.29, 0.717) is 10.7 Å². The van der Waals surface area contributed by atoms with Gasteiger partial charge in [-0.3, -0.25) is 4.79 Å². The number of halogens is 3. The number of carbonyl (C=O) groups excluding carboxylic acids is 1. The maximum Gasteiger partial charge on any atom is 0.234 e. The summed E-state index contributed by atoms with van der Waals surface area (Å²) >= 11 is 6.85. The van der Waals surface area contributed by atoms with Crippen molar-refractivity contribution >= 4 is 35.0 Å². The highest BCUT2D eigenvalue weighted by Crippen LogP contribution is 2.23. The first-order valence-electron chi connectivity index (χ1n) is 6.09. The Labute approximate surface area is 130 Å². The van der Waals surface area contributed by atoms with E-state index in [4.69, 9.17) is 11.6 Å². The third-order valence-corrected chi connectivity index (χ3v) is 4.00. The SMILES string of the molecule is Cc1cc(Cl)ccc1NC(=O)CSc1ccc(F)cc1F. The lowest BCUT2D eigenvalue weighted by Crippen LogP contribution is -2.14. The maximum absolute atomic E-state index is 13.4. The molecule has 0 spiro atoms. The summed E-state index contributed by atoms with van der Waals surface area (Å²) in [5.74, 6) is -1.55. The van der Waals surface area contributed by atoms with Crippen LogP contribution < -0.4 is 5.32 Å². The second-order valence-corrected chi connectivity index (χ2v) is 5.82. The molecule has 2 nitrogen and oxygen atoms in total. The van der Waals surface area contributed by atoms with Gasteiger partial charge in [0.1, 0.15) is 11.6 Å². The van der Waals surface area contributed by atoms with Gasteiger partial charge in [-0.05, 0) is 42.8 Å². The quantitative estimate of drug-likeness (QED) is 0.828. The van der Waals surface area contributed by atoms with Crippen molar-refractivity contribution in [1.82, 2.24) is 0 Å². The molecule has 2 rings (SSSR count). The zero-order chi connectivity index (χ0) is 15.4. The summed E-state index contributed by atoms with van der Waals surface area (Å²) in [7, 11) is 0. The van der Waals surface area contributed by atoms with Crippen molar-refractivity contribution in [1.29, 1.82) is 0 Å². The van der Waals surface area contributed by atoms with Gasteiger partial charge >= 0.3 is 0 Å². The molecular weight excluding hydrogens is 316 g/mol. The molecule has 1 amide bonds. The summed E-state index contributed by atoms with van der Waals surface area (Å²) in [5, 5.41) is 3.31. The predicted molar refractivity (Wildman–Crippen MR) is 81.9 cm³/mol. The number of carbonyl (C=O) groups is 1. The lowest BCUT2D eigenvalue weighted by molar-refractivity contribution is -0.113. The molecule has 0 saturated carbocycles. The number of nitrogens with one attached hydrogen (secondary N) is 1. The zero-order valence-corrected chi connectivity index (χ0v) is 12.7. The average Bonchev–Trinajstić information content (AvgIpc) is 2.41. The largest absolute Gasteiger partial charge is 0.325 e. The van der Waals surface area contributed by atoms with Crippen LogP contribution >= 0.6 is 23.4 Å². The van der Waals surface area contributed by atoms with Crippen LogP contribution in [0.4, 0.5) is 14.5 Å². The monoisotopic (exact) mass is 327 g/mol. The minimum absolute atomic E-state index is 0.0324. The molecule has 0 unspecified atom stereocenters. The number of benzene rings is 2. The fourth-order valence-corrected chi connectivity index (χ4v) is 2.64. The Morgan fingerprint density at radius 3 is 2.67 bits per heavy atom. The topological polar surface area (TPSA) is 29.1 Å². The number of aryl methyl sites for hydroxylation is 1. The molecular formula is C15H12ClF2NOS. The van der Waals surface area contributed by atoms with Gasteiger partial charge in [-0.1, -0.05) is 11.6 Å². The molecule has 0 aliphatic carbocycles. The molecule has 0 aromatic heterocycles. The minimum atomic E-state index is -0.671. The predicted octanol–water partition coefficient (Wildman–Crippen LogP) is 4.66. The molecule has 0 radical (unpaired) electrons. The third kappa shape index (κ3) is 4.44. The Morgan fingerprint density at radius 2 is 2.00 bits per heavy atom. The standard InChI is InChI=1S/C15H12ClF2NOS/c1-9-6-10(16)2-4-13(9)19-15(20)8-21-14-5-3-11(17)7-12(14)18/h2-7H,8H2,1H3,(H,19,20). The highest BCUT2D eigenvalue weighted by Gasteiger charge is 2.09. The molecule has 110 valence electrons. The lowest BCUT2D eigenvalue weighted by Gasteiger charge is -2.09. The normalized spacial score (nSPS) is 10.5. The van der Waals surface area contributed by atoms with E-state index in [9.17, 15) is 13.6 Å². The van der Waals surface area contributed by atoms with E-state index in [2.05, 4.69) is 5.32 Å². The van der Waals surface area contributed by atoms with Crippen LogP contribution in [-0.2, 0) is 4.79 Å². The summed E-state index contributed by atoms with van der Waals surface area (Å²) in [6.45, 7) is 1.83. The Kier molecular flexibility index (Phi) is 5.20. The van der Waals surface area contributed by atoms with Crippen molar-refractivity contribution in [2.75, 3.05) is 11.1 Å². The Balaban J connectivity index is 1.96. The van der Waals surface area contributed by atoms with E-state index in [0.717, 1.165) is 29.5 Å². The van der Waals surface area contributed by atoms with Gasteiger partial charge in [-0.15, -0.1) is 11.8 Å². The molecule has 0 bridgehead atoms. The first-order valence-corrected chi connectivity index (χ1v) is 7.46. The number of thioether (sulfide) groups is 1. The average molecular weight is 328 g/mol. The molecule has 0 fully saturated rings. The first kappa shape index (κ1) is 15.8. The van der Waals surface area contributed by atoms with Crippen molar-refractivity contribution in [3.8, 4) is 0 Å². The molecule has 1 N–H and O–H groups in total. The Bertz CT molecular complexity index is 679. The molecule has 0 aliphatic heterocycles. The second kappa shape index (κ2) is 6.91. The fraction of sp³-hybridized carbons (Fsp3) is 0.133. The minimum Gasteiger partial charge on any atom is -0.325 e. The number of hydrogen-bond acceptors (Lipinski definition) is 2. The molecule has 2 aromatic carbocycles. The van der Waals surface area contributed by atoms with Gasteiger partial charge in [0.05, 0.1) is 5.75 Å². The van der Waals surface area contributed by atoms with Gasteiger partial charge in [0.15, 0.2) is 0 Å². The van der Waals surface area contributed by atoms with Crippen LogP contribution in [0.2, 0.25) is 5.02 Å². The van der Waals surface area contributed by atoms with E-state index >= 15 is 0 Å². The summed E-state index contributed by atoms with van der Waals surface area (Å²) in [6.07, 6.45) is 0. The van der Waals surface area contributed by atoms with E-state index < -0.39 is 11.6 Å². The first-order chi connectivity index (χ1) is 9.95. The van der Waals surface area contributed by atoms with Crippen LogP contribution in [0, 0.1) is 18.6 Å². The molecule has 0 heterocycles. The lowest BCUT2D eigenvalue weighted by atomic mass is 10.2. The summed E-state index contributed by atoms with van der Waals surface area (Å²) in [5.41, 5.74) is 1.50. The second-order valence-electron chi connectivity index (χ2n) is 4.37. The van der Waals surface area contributed by atoms with Crippen molar-refractivity contribution in [3.63, 3.8) is 0 Å². The van der Waals surface area contributed by atoms with E-state index in [1.807, 2.05) is 6.92 Å². The van der Waals surface area contributed by atoms with Crippen LogP contribution in [0.3, 0.4) is 0 Å².